The van der Waals surface area contributed by atoms with Crippen molar-refractivity contribution in [3.8, 4) is 0 Å². The van der Waals surface area contributed by atoms with Crippen molar-refractivity contribution in [2.45, 2.75) is 103 Å². The number of ether oxygens (including phenoxy) is 2. The fourth-order valence-electron chi connectivity index (χ4n) is 6.23. The van der Waals surface area contributed by atoms with E-state index in [1.54, 1.807) is 0 Å². The summed E-state index contributed by atoms with van der Waals surface area (Å²) in [5, 5.41) is 10.4. The van der Waals surface area contributed by atoms with Crippen LogP contribution in [0.15, 0.2) is 0 Å². The van der Waals surface area contributed by atoms with Crippen LogP contribution in [0.2, 0.25) is 0 Å². The number of rotatable bonds is 5. The minimum absolute atomic E-state index is 0.0499. The summed E-state index contributed by atoms with van der Waals surface area (Å²) in [5.41, 5.74) is 0.252. The van der Waals surface area contributed by atoms with E-state index in [9.17, 15) is 5.11 Å². The molecule has 3 heteroatoms. The summed E-state index contributed by atoms with van der Waals surface area (Å²) in [6.45, 7) is 11.8. The topological polar surface area (TPSA) is 38.7 Å². The van der Waals surface area contributed by atoms with Crippen LogP contribution >= 0.6 is 0 Å². The third-order valence-corrected chi connectivity index (χ3v) is 7.43. The standard InChI is InChI=1S/C21H38O3/c1-15(8-6-12-20(4)14-23-19(2,3)24-20)16-10-11-17-18(22)9-7-13-21(16,17)5/h15-18,22H,6-14H2,1-5H3/t15?,16-,17+,18+,20-,21-/m1/s1. The van der Waals surface area contributed by atoms with Crippen LogP contribution in [0.5, 0.6) is 0 Å². The van der Waals surface area contributed by atoms with Gasteiger partial charge in [0.05, 0.1) is 18.3 Å². The molecule has 1 heterocycles. The first-order valence-corrected chi connectivity index (χ1v) is 10.2. The molecule has 0 aromatic rings. The molecular formula is C21H38O3. The Balaban J connectivity index is 1.52. The van der Waals surface area contributed by atoms with Gasteiger partial charge in [-0.2, -0.15) is 0 Å². The molecule has 1 unspecified atom stereocenters. The molecule has 0 amide bonds. The highest BCUT2D eigenvalue weighted by Crippen LogP contribution is 2.58. The molecule has 3 aliphatic rings. The fourth-order valence-corrected chi connectivity index (χ4v) is 6.23. The summed E-state index contributed by atoms with van der Waals surface area (Å²) in [7, 11) is 0. The van der Waals surface area contributed by atoms with Crippen molar-refractivity contribution in [2.75, 3.05) is 6.61 Å². The molecule has 0 bridgehead atoms. The summed E-state index contributed by atoms with van der Waals surface area (Å²) in [6, 6.07) is 0. The Morgan fingerprint density at radius 2 is 1.88 bits per heavy atom. The Bertz CT molecular complexity index is 448. The Hall–Kier alpha value is -0.120. The van der Waals surface area contributed by atoms with Gasteiger partial charge >= 0.3 is 0 Å². The molecule has 3 rings (SSSR count). The van der Waals surface area contributed by atoms with E-state index >= 15 is 0 Å². The normalized spacial score (nSPS) is 46.0. The SMILES string of the molecule is CC(CCC[C@]1(C)COC(C)(C)O1)[C@H]1CC[C@H]2[C@@H](O)CCC[C@]12C. The van der Waals surface area contributed by atoms with Gasteiger partial charge in [-0.3, -0.25) is 0 Å². The molecule has 3 fully saturated rings. The largest absolute Gasteiger partial charge is 0.393 e. The minimum atomic E-state index is -0.426. The molecule has 0 aromatic carbocycles. The Labute approximate surface area is 148 Å². The average Bonchev–Trinajstić information content (AvgIpc) is 2.96. The Morgan fingerprint density at radius 1 is 1.12 bits per heavy atom. The smallest absolute Gasteiger partial charge is 0.163 e. The van der Waals surface area contributed by atoms with E-state index in [1.165, 1.54) is 38.5 Å². The number of fused-ring (bicyclic) bond motifs is 1. The van der Waals surface area contributed by atoms with Crippen LogP contribution in [-0.2, 0) is 9.47 Å². The van der Waals surface area contributed by atoms with Gasteiger partial charge < -0.3 is 14.6 Å². The van der Waals surface area contributed by atoms with Gasteiger partial charge in [-0.1, -0.05) is 33.1 Å². The minimum Gasteiger partial charge on any atom is -0.393 e. The number of hydrogen-bond donors (Lipinski definition) is 1. The van der Waals surface area contributed by atoms with Crippen molar-refractivity contribution >= 4 is 0 Å². The average molecular weight is 339 g/mol. The van der Waals surface area contributed by atoms with Gasteiger partial charge in [0, 0.05) is 0 Å². The summed E-state index contributed by atoms with van der Waals surface area (Å²) in [6.07, 6.45) is 9.58. The maximum Gasteiger partial charge on any atom is 0.163 e. The van der Waals surface area contributed by atoms with Crippen LogP contribution in [0, 0.1) is 23.2 Å². The van der Waals surface area contributed by atoms with Crippen molar-refractivity contribution in [3.05, 3.63) is 0 Å². The van der Waals surface area contributed by atoms with E-state index < -0.39 is 5.79 Å². The van der Waals surface area contributed by atoms with Gasteiger partial charge in [0.25, 0.3) is 0 Å². The number of hydrogen-bond acceptors (Lipinski definition) is 3. The second kappa shape index (κ2) is 6.55. The van der Waals surface area contributed by atoms with E-state index in [4.69, 9.17) is 9.47 Å². The third-order valence-electron chi connectivity index (χ3n) is 7.43. The van der Waals surface area contributed by atoms with E-state index in [-0.39, 0.29) is 11.7 Å². The lowest BCUT2D eigenvalue weighted by atomic mass is 9.61. The lowest BCUT2D eigenvalue weighted by Crippen LogP contribution is -2.41. The highest BCUT2D eigenvalue weighted by atomic mass is 16.7. The number of aliphatic hydroxyl groups is 1. The maximum absolute atomic E-state index is 10.4. The molecule has 2 saturated carbocycles. The van der Waals surface area contributed by atoms with Crippen LogP contribution in [0.1, 0.15) is 86.0 Å². The van der Waals surface area contributed by atoms with Crippen LogP contribution in [0.3, 0.4) is 0 Å². The first-order valence-electron chi connectivity index (χ1n) is 10.2. The summed E-state index contributed by atoms with van der Waals surface area (Å²) < 4.78 is 11.9. The van der Waals surface area contributed by atoms with E-state index in [0.717, 1.165) is 24.7 Å². The molecule has 24 heavy (non-hydrogen) atoms. The predicted octanol–water partition coefficient (Wildman–Crippen LogP) is 4.91. The maximum atomic E-state index is 10.4. The van der Waals surface area contributed by atoms with Gasteiger partial charge in [0.2, 0.25) is 0 Å². The highest BCUT2D eigenvalue weighted by Gasteiger charge is 2.52. The van der Waals surface area contributed by atoms with Gasteiger partial charge in [0.1, 0.15) is 0 Å². The van der Waals surface area contributed by atoms with E-state index in [0.29, 0.717) is 17.9 Å². The second-order valence-corrected chi connectivity index (χ2v) is 9.87. The molecular weight excluding hydrogens is 300 g/mol. The molecule has 6 atom stereocenters. The van der Waals surface area contributed by atoms with E-state index in [1.807, 2.05) is 13.8 Å². The predicted molar refractivity (Wildman–Crippen MR) is 96.7 cm³/mol. The van der Waals surface area contributed by atoms with Crippen molar-refractivity contribution in [1.29, 1.82) is 0 Å². The van der Waals surface area contributed by atoms with Gasteiger partial charge in [-0.05, 0) is 76.0 Å². The molecule has 0 radical (unpaired) electrons. The van der Waals surface area contributed by atoms with Crippen molar-refractivity contribution in [2.24, 2.45) is 23.2 Å². The van der Waals surface area contributed by atoms with Crippen molar-refractivity contribution in [3.63, 3.8) is 0 Å². The zero-order chi connectivity index (χ0) is 17.6. The molecule has 140 valence electrons. The number of aliphatic hydroxyl groups excluding tert-OH is 1. The fraction of sp³-hybridized carbons (Fsp3) is 1.00. The highest BCUT2D eigenvalue weighted by molar-refractivity contribution is 5.01. The first kappa shape index (κ1) is 18.7. The zero-order valence-corrected chi connectivity index (χ0v) is 16.4. The summed E-state index contributed by atoms with van der Waals surface area (Å²) in [4.78, 5) is 0. The van der Waals surface area contributed by atoms with Crippen molar-refractivity contribution < 1.29 is 14.6 Å². The molecule has 1 N–H and O–H groups in total. The van der Waals surface area contributed by atoms with Crippen LogP contribution < -0.4 is 0 Å². The van der Waals surface area contributed by atoms with Crippen molar-refractivity contribution in [1.82, 2.24) is 0 Å². The summed E-state index contributed by atoms with van der Waals surface area (Å²) in [5.74, 6) is 1.64. The zero-order valence-electron chi connectivity index (χ0n) is 16.4. The van der Waals surface area contributed by atoms with Gasteiger partial charge in [-0.25, -0.2) is 0 Å². The Morgan fingerprint density at radius 3 is 2.54 bits per heavy atom. The van der Waals surface area contributed by atoms with Gasteiger partial charge in [0.15, 0.2) is 5.79 Å². The van der Waals surface area contributed by atoms with Gasteiger partial charge in [-0.15, -0.1) is 0 Å². The van der Waals surface area contributed by atoms with Crippen LogP contribution in [-0.4, -0.2) is 29.2 Å². The Kier molecular flexibility index (Phi) is 5.10. The molecule has 0 aromatic heterocycles. The molecule has 1 saturated heterocycles. The lowest BCUT2D eigenvalue weighted by Gasteiger charge is -2.45. The second-order valence-electron chi connectivity index (χ2n) is 9.87. The monoisotopic (exact) mass is 338 g/mol. The molecule has 1 aliphatic heterocycles. The van der Waals surface area contributed by atoms with Crippen LogP contribution in [0.25, 0.3) is 0 Å². The lowest BCUT2D eigenvalue weighted by molar-refractivity contribution is -0.158. The summed E-state index contributed by atoms with van der Waals surface area (Å²) >= 11 is 0. The van der Waals surface area contributed by atoms with Crippen LogP contribution in [0.4, 0.5) is 0 Å². The molecule has 0 spiro atoms. The third kappa shape index (κ3) is 3.54. The molecule has 2 aliphatic carbocycles. The first-order chi connectivity index (χ1) is 11.2. The molecule has 3 nitrogen and oxygen atoms in total. The quantitative estimate of drug-likeness (QED) is 0.774. The van der Waals surface area contributed by atoms with E-state index in [2.05, 4.69) is 20.8 Å².